The molecule has 0 unspecified atom stereocenters. The van der Waals surface area contributed by atoms with E-state index >= 15 is 0 Å². The van der Waals surface area contributed by atoms with Crippen LogP contribution in [-0.2, 0) is 0 Å². The molecular formula is C22H23ClN6O. The second kappa shape index (κ2) is 8.25. The summed E-state index contributed by atoms with van der Waals surface area (Å²) in [7, 11) is 0. The average molecular weight is 423 g/mol. The SMILES string of the molecule is Cc1ccccc1N=C(NC#N)N1CCN(C(=O)Nc2ccc(Cl)cc2)C2(CC2)C1. The maximum absolute atomic E-state index is 12.9. The Bertz CT molecular complexity index is 1010. The average Bonchev–Trinajstić information content (AvgIpc) is 3.50. The summed E-state index contributed by atoms with van der Waals surface area (Å²) in [6, 6.07) is 14.8. The van der Waals surface area contributed by atoms with Gasteiger partial charge in [0.2, 0.25) is 5.96 Å². The Kier molecular flexibility index (Phi) is 5.51. The number of amides is 2. The minimum Gasteiger partial charge on any atom is -0.338 e. The van der Waals surface area contributed by atoms with Crippen LogP contribution in [0.4, 0.5) is 16.2 Å². The number of rotatable bonds is 2. The second-order valence-corrected chi connectivity index (χ2v) is 8.13. The van der Waals surface area contributed by atoms with Crippen LogP contribution in [0.1, 0.15) is 18.4 Å². The first-order chi connectivity index (χ1) is 14.5. The first-order valence-corrected chi connectivity index (χ1v) is 10.3. The van der Waals surface area contributed by atoms with E-state index in [0.29, 0.717) is 30.6 Å². The van der Waals surface area contributed by atoms with Crippen LogP contribution in [0.15, 0.2) is 53.5 Å². The van der Waals surface area contributed by atoms with Crippen molar-refractivity contribution < 1.29 is 4.79 Å². The first-order valence-electron chi connectivity index (χ1n) is 9.89. The Balaban J connectivity index is 1.49. The number of para-hydroxylation sites is 1. The molecule has 0 bridgehead atoms. The van der Waals surface area contributed by atoms with Crippen molar-refractivity contribution in [2.75, 3.05) is 25.0 Å². The Labute approximate surface area is 180 Å². The number of halogens is 1. The van der Waals surface area contributed by atoms with E-state index < -0.39 is 0 Å². The Hall–Kier alpha value is -3.24. The van der Waals surface area contributed by atoms with E-state index in [1.807, 2.05) is 42.3 Å². The first kappa shape index (κ1) is 20.0. The third-order valence-corrected chi connectivity index (χ3v) is 5.88. The molecule has 2 aromatic rings. The van der Waals surface area contributed by atoms with Crippen molar-refractivity contribution in [3.8, 4) is 6.19 Å². The molecule has 154 valence electrons. The van der Waals surface area contributed by atoms with Crippen molar-refractivity contribution >= 4 is 35.0 Å². The van der Waals surface area contributed by atoms with Crippen molar-refractivity contribution in [3.05, 3.63) is 59.1 Å². The van der Waals surface area contributed by atoms with Crippen molar-refractivity contribution in [3.63, 3.8) is 0 Å². The van der Waals surface area contributed by atoms with Crippen molar-refractivity contribution in [2.45, 2.75) is 25.3 Å². The summed E-state index contributed by atoms with van der Waals surface area (Å²) in [6.07, 6.45) is 3.86. The molecule has 8 heteroatoms. The van der Waals surface area contributed by atoms with Crippen LogP contribution >= 0.6 is 11.6 Å². The number of carbonyl (C=O) groups excluding carboxylic acids is 1. The molecule has 2 fully saturated rings. The molecule has 1 saturated carbocycles. The fourth-order valence-electron chi connectivity index (χ4n) is 3.80. The normalized spacial score (nSPS) is 17.4. The Morgan fingerprint density at radius 3 is 2.57 bits per heavy atom. The largest absolute Gasteiger partial charge is 0.338 e. The van der Waals surface area contributed by atoms with Gasteiger partial charge >= 0.3 is 6.03 Å². The van der Waals surface area contributed by atoms with E-state index in [0.717, 1.165) is 29.8 Å². The molecule has 2 amide bonds. The summed E-state index contributed by atoms with van der Waals surface area (Å²) in [5.41, 5.74) is 2.36. The molecule has 1 spiro atoms. The monoisotopic (exact) mass is 422 g/mol. The van der Waals surface area contributed by atoms with Gasteiger partial charge in [-0.3, -0.25) is 5.32 Å². The maximum atomic E-state index is 12.9. The van der Waals surface area contributed by atoms with E-state index in [9.17, 15) is 10.1 Å². The van der Waals surface area contributed by atoms with Crippen molar-refractivity contribution in [1.82, 2.24) is 15.1 Å². The molecular weight excluding hydrogens is 400 g/mol. The smallest absolute Gasteiger partial charge is 0.322 e. The predicted molar refractivity (Wildman–Crippen MR) is 118 cm³/mol. The molecule has 2 aliphatic rings. The third-order valence-electron chi connectivity index (χ3n) is 5.63. The number of guanidine groups is 1. The summed E-state index contributed by atoms with van der Waals surface area (Å²) in [5, 5.41) is 15.6. The Morgan fingerprint density at radius 2 is 1.90 bits per heavy atom. The lowest BCUT2D eigenvalue weighted by Gasteiger charge is -2.42. The van der Waals surface area contributed by atoms with E-state index in [1.165, 1.54) is 0 Å². The number of hydrogen-bond acceptors (Lipinski definition) is 3. The van der Waals surface area contributed by atoms with Gasteiger partial charge in [0.05, 0.1) is 11.2 Å². The molecule has 4 rings (SSSR count). The minimum absolute atomic E-state index is 0.111. The second-order valence-electron chi connectivity index (χ2n) is 7.69. The van der Waals surface area contributed by atoms with Gasteiger partial charge in [-0.2, -0.15) is 5.26 Å². The van der Waals surface area contributed by atoms with Crippen LogP contribution in [-0.4, -0.2) is 47.0 Å². The minimum atomic E-state index is -0.224. The lowest BCUT2D eigenvalue weighted by molar-refractivity contribution is 0.122. The number of piperazine rings is 1. The van der Waals surface area contributed by atoms with E-state index in [1.54, 1.807) is 24.3 Å². The zero-order chi connectivity index (χ0) is 21.1. The lowest BCUT2D eigenvalue weighted by Crippen LogP contribution is -2.60. The molecule has 2 aromatic carbocycles. The molecule has 7 nitrogen and oxygen atoms in total. The summed E-state index contributed by atoms with van der Waals surface area (Å²) < 4.78 is 0. The van der Waals surface area contributed by atoms with Crippen molar-refractivity contribution in [2.24, 2.45) is 4.99 Å². The van der Waals surface area contributed by atoms with Gasteiger partial charge in [0.25, 0.3) is 0 Å². The van der Waals surface area contributed by atoms with Crippen LogP contribution in [0.3, 0.4) is 0 Å². The van der Waals surface area contributed by atoms with Gasteiger partial charge < -0.3 is 15.1 Å². The Morgan fingerprint density at radius 1 is 1.17 bits per heavy atom. The number of benzene rings is 2. The molecule has 0 aromatic heterocycles. The van der Waals surface area contributed by atoms with E-state index in [-0.39, 0.29) is 11.6 Å². The summed E-state index contributed by atoms with van der Waals surface area (Å²) >= 11 is 5.92. The van der Waals surface area contributed by atoms with Crippen LogP contribution in [0, 0.1) is 18.4 Å². The molecule has 0 atom stereocenters. The number of nitrogens with zero attached hydrogens (tertiary/aromatic N) is 4. The number of aliphatic imine (C=N–C) groups is 1. The quantitative estimate of drug-likeness (QED) is 0.330. The predicted octanol–water partition coefficient (Wildman–Crippen LogP) is 4.09. The molecule has 30 heavy (non-hydrogen) atoms. The highest BCUT2D eigenvalue weighted by Gasteiger charge is 2.53. The van der Waals surface area contributed by atoms with E-state index in [2.05, 4.69) is 20.5 Å². The number of urea groups is 1. The molecule has 1 aliphatic heterocycles. The molecule has 0 radical (unpaired) electrons. The highest BCUT2D eigenvalue weighted by atomic mass is 35.5. The van der Waals surface area contributed by atoms with Gasteiger partial charge in [-0.25, -0.2) is 9.79 Å². The van der Waals surface area contributed by atoms with Gasteiger partial charge in [0, 0.05) is 30.3 Å². The molecule has 2 N–H and O–H groups in total. The van der Waals surface area contributed by atoms with Gasteiger partial charge in [-0.05, 0) is 55.7 Å². The number of nitrogens with one attached hydrogen (secondary N) is 2. The molecule has 1 saturated heterocycles. The van der Waals surface area contributed by atoms with Crippen molar-refractivity contribution in [1.29, 1.82) is 5.26 Å². The van der Waals surface area contributed by atoms with Gasteiger partial charge in [0.15, 0.2) is 6.19 Å². The van der Waals surface area contributed by atoms with Gasteiger partial charge in [0.1, 0.15) is 0 Å². The standard InChI is InChI=1S/C22H23ClN6O/c1-16-4-2-3-5-19(16)27-20(25-15-24)28-12-13-29(22(14-28)10-11-22)21(30)26-18-8-6-17(23)7-9-18/h2-9H,10-14H2,1H3,(H,25,27)(H,26,30). The van der Waals surface area contributed by atoms with Crippen LogP contribution in [0.2, 0.25) is 5.02 Å². The summed E-state index contributed by atoms with van der Waals surface area (Å²) in [6.45, 7) is 3.78. The number of hydrogen-bond donors (Lipinski definition) is 2. The third kappa shape index (κ3) is 4.19. The number of anilines is 1. The zero-order valence-corrected chi connectivity index (χ0v) is 17.5. The molecule has 1 heterocycles. The maximum Gasteiger partial charge on any atom is 0.322 e. The summed E-state index contributed by atoms with van der Waals surface area (Å²) in [4.78, 5) is 21.6. The fourth-order valence-corrected chi connectivity index (χ4v) is 3.93. The highest BCUT2D eigenvalue weighted by Crippen LogP contribution is 2.44. The molecule has 1 aliphatic carbocycles. The number of nitriles is 1. The summed E-state index contributed by atoms with van der Waals surface area (Å²) in [5.74, 6) is 0.524. The zero-order valence-electron chi connectivity index (χ0n) is 16.7. The van der Waals surface area contributed by atoms with Crippen LogP contribution in [0.25, 0.3) is 0 Å². The highest BCUT2D eigenvalue weighted by molar-refractivity contribution is 6.30. The fraction of sp³-hybridized carbons (Fsp3) is 0.318. The van der Waals surface area contributed by atoms with Crippen LogP contribution in [0.5, 0.6) is 0 Å². The van der Waals surface area contributed by atoms with E-state index in [4.69, 9.17) is 11.6 Å². The number of aryl methyl sites for hydroxylation is 1. The van der Waals surface area contributed by atoms with Crippen LogP contribution < -0.4 is 10.6 Å². The van der Waals surface area contributed by atoms with Gasteiger partial charge in [-0.15, -0.1) is 0 Å². The number of carbonyl (C=O) groups is 1. The topological polar surface area (TPSA) is 83.8 Å². The lowest BCUT2D eigenvalue weighted by atomic mass is 10.1. The van der Waals surface area contributed by atoms with Gasteiger partial charge in [-0.1, -0.05) is 29.8 Å².